The van der Waals surface area contributed by atoms with Crippen molar-refractivity contribution in [2.75, 3.05) is 6.61 Å². The number of Topliss-reactive ketones (excluding diaryl/α,β-unsaturated/α-hetero) is 1. The molecule has 0 radical (unpaired) electrons. The van der Waals surface area contributed by atoms with Gasteiger partial charge in [-0.2, -0.15) is 0 Å². The minimum atomic E-state index is -0.0817. The Kier molecular flexibility index (Phi) is 2.88. The van der Waals surface area contributed by atoms with E-state index in [0.717, 1.165) is 0 Å². The fourth-order valence-electron chi connectivity index (χ4n) is 2.16. The maximum Gasteiger partial charge on any atom is 0.193 e. The van der Waals surface area contributed by atoms with Crippen LogP contribution in [-0.4, -0.2) is 18.2 Å². The second-order valence-electron chi connectivity index (χ2n) is 4.43. The standard InChI is InChI=1S/C16H12O3/c17-14-8-9-19-15-7-6-12(10-13(14)15)16(18)11-4-2-1-3-5-11/h1-7,10H,8-9H2. The summed E-state index contributed by atoms with van der Waals surface area (Å²) in [4.78, 5) is 24.1. The third-order valence-corrected chi connectivity index (χ3v) is 3.16. The minimum absolute atomic E-state index is 0.0314. The molecule has 3 rings (SSSR count). The molecule has 0 fully saturated rings. The van der Waals surface area contributed by atoms with Crippen LogP contribution in [0, 0.1) is 0 Å². The summed E-state index contributed by atoms with van der Waals surface area (Å²) in [6.45, 7) is 0.414. The lowest BCUT2D eigenvalue weighted by Crippen LogP contribution is -2.16. The van der Waals surface area contributed by atoms with Crippen molar-refractivity contribution < 1.29 is 14.3 Å². The Labute approximate surface area is 110 Å². The first-order valence-corrected chi connectivity index (χ1v) is 6.15. The molecule has 0 amide bonds. The molecule has 1 heterocycles. The molecule has 2 aromatic rings. The van der Waals surface area contributed by atoms with Gasteiger partial charge < -0.3 is 4.74 Å². The minimum Gasteiger partial charge on any atom is -0.492 e. The summed E-state index contributed by atoms with van der Waals surface area (Å²) in [5.74, 6) is 0.520. The van der Waals surface area contributed by atoms with E-state index < -0.39 is 0 Å². The van der Waals surface area contributed by atoms with E-state index in [9.17, 15) is 9.59 Å². The fourth-order valence-corrected chi connectivity index (χ4v) is 2.16. The van der Waals surface area contributed by atoms with Gasteiger partial charge in [0.2, 0.25) is 0 Å². The topological polar surface area (TPSA) is 43.4 Å². The third-order valence-electron chi connectivity index (χ3n) is 3.16. The highest BCUT2D eigenvalue weighted by atomic mass is 16.5. The van der Waals surface area contributed by atoms with Crippen molar-refractivity contribution in [3.05, 3.63) is 65.2 Å². The van der Waals surface area contributed by atoms with Crippen LogP contribution in [0.3, 0.4) is 0 Å². The van der Waals surface area contributed by atoms with E-state index in [2.05, 4.69) is 0 Å². The van der Waals surface area contributed by atoms with Gasteiger partial charge in [-0.05, 0) is 18.2 Å². The molecule has 3 heteroatoms. The quantitative estimate of drug-likeness (QED) is 0.772. The number of hydrogen-bond acceptors (Lipinski definition) is 3. The molecular weight excluding hydrogens is 240 g/mol. The molecule has 19 heavy (non-hydrogen) atoms. The molecule has 0 N–H and O–H groups in total. The summed E-state index contributed by atoms with van der Waals surface area (Å²) >= 11 is 0. The molecular formula is C16H12O3. The number of carbonyl (C=O) groups excluding carboxylic acids is 2. The molecule has 0 unspecified atom stereocenters. The Morgan fingerprint density at radius 2 is 1.79 bits per heavy atom. The fraction of sp³-hybridized carbons (Fsp3) is 0.125. The van der Waals surface area contributed by atoms with E-state index in [-0.39, 0.29) is 11.6 Å². The Bertz CT molecular complexity index is 644. The van der Waals surface area contributed by atoms with E-state index in [1.54, 1.807) is 30.3 Å². The van der Waals surface area contributed by atoms with Crippen LogP contribution in [0.15, 0.2) is 48.5 Å². The highest BCUT2D eigenvalue weighted by Gasteiger charge is 2.20. The van der Waals surface area contributed by atoms with Gasteiger partial charge in [0.15, 0.2) is 11.6 Å². The first-order valence-electron chi connectivity index (χ1n) is 6.15. The number of carbonyl (C=O) groups is 2. The summed E-state index contributed by atoms with van der Waals surface area (Å²) in [7, 11) is 0. The number of ether oxygens (including phenoxy) is 1. The molecule has 0 aromatic heterocycles. The number of fused-ring (bicyclic) bond motifs is 1. The monoisotopic (exact) mass is 252 g/mol. The average molecular weight is 252 g/mol. The van der Waals surface area contributed by atoms with Crippen LogP contribution in [0.2, 0.25) is 0 Å². The zero-order valence-corrected chi connectivity index (χ0v) is 10.3. The van der Waals surface area contributed by atoms with Crippen molar-refractivity contribution in [3.8, 4) is 5.75 Å². The van der Waals surface area contributed by atoms with Crippen molar-refractivity contribution in [2.45, 2.75) is 6.42 Å². The zero-order chi connectivity index (χ0) is 13.2. The van der Waals surface area contributed by atoms with Gasteiger partial charge in [-0.15, -0.1) is 0 Å². The first kappa shape index (κ1) is 11.7. The van der Waals surface area contributed by atoms with Crippen molar-refractivity contribution >= 4 is 11.6 Å². The average Bonchev–Trinajstić information content (AvgIpc) is 2.47. The number of hydrogen-bond donors (Lipinski definition) is 0. The maximum atomic E-state index is 12.3. The highest BCUT2D eigenvalue weighted by molar-refractivity contribution is 6.11. The molecule has 94 valence electrons. The number of rotatable bonds is 2. The van der Waals surface area contributed by atoms with E-state index in [1.807, 2.05) is 18.2 Å². The lowest BCUT2D eigenvalue weighted by Gasteiger charge is -2.16. The molecule has 0 spiro atoms. The molecule has 3 nitrogen and oxygen atoms in total. The van der Waals surface area contributed by atoms with Crippen LogP contribution >= 0.6 is 0 Å². The zero-order valence-electron chi connectivity index (χ0n) is 10.3. The van der Waals surface area contributed by atoms with Gasteiger partial charge in [0, 0.05) is 17.5 Å². The molecule has 0 aliphatic carbocycles. The third kappa shape index (κ3) is 2.15. The second-order valence-corrected chi connectivity index (χ2v) is 4.43. The van der Waals surface area contributed by atoms with Gasteiger partial charge in [-0.1, -0.05) is 30.3 Å². The predicted molar refractivity (Wildman–Crippen MR) is 70.8 cm³/mol. The van der Waals surface area contributed by atoms with E-state index >= 15 is 0 Å². The highest BCUT2D eigenvalue weighted by Crippen LogP contribution is 2.26. The van der Waals surface area contributed by atoms with Gasteiger partial charge >= 0.3 is 0 Å². The SMILES string of the molecule is O=C(c1ccccc1)c1ccc2c(c1)C(=O)CCO2. The van der Waals surface area contributed by atoms with Crippen molar-refractivity contribution in [1.82, 2.24) is 0 Å². The molecule has 0 atom stereocenters. The summed E-state index contributed by atoms with van der Waals surface area (Å²) in [5, 5.41) is 0. The van der Waals surface area contributed by atoms with Gasteiger partial charge in [0.1, 0.15) is 5.75 Å². The molecule has 1 aliphatic rings. The summed E-state index contributed by atoms with van der Waals surface area (Å²) in [5.41, 5.74) is 1.64. The van der Waals surface area contributed by atoms with Gasteiger partial charge in [-0.3, -0.25) is 9.59 Å². The molecule has 0 saturated heterocycles. The summed E-state index contributed by atoms with van der Waals surface area (Å²) < 4.78 is 5.40. The molecule has 1 aliphatic heterocycles. The number of ketones is 2. The van der Waals surface area contributed by atoms with Crippen molar-refractivity contribution in [1.29, 1.82) is 0 Å². The van der Waals surface area contributed by atoms with Gasteiger partial charge in [0.05, 0.1) is 12.2 Å². The van der Waals surface area contributed by atoms with E-state index in [1.165, 1.54) is 0 Å². The van der Waals surface area contributed by atoms with Crippen LogP contribution in [-0.2, 0) is 0 Å². The van der Waals surface area contributed by atoms with E-state index in [0.29, 0.717) is 35.5 Å². The van der Waals surface area contributed by atoms with Crippen molar-refractivity contribution in [3.63, 3.8) is 0 Å². The Morgan fingerprint density at radius 1 is 1.00 bits per heavy atom. The lowest BCUT2D eigenvalue weighted by atomic mass is 9.97. The van der Waals surface area contributed by atoms with Gasteiger partial charge in [-0.25, -0.2) is 0 Å². The predicted octanol–water partition coefficient (Wildman–Crippen LogP) is 2.88. The van der Waals surface area contributed by atoms with Crippen LogP contribution in [0.4, 0.5) is 0 Å². The molecule has 2 aromatic carbocycles. The van der Waals surface area contributed by atoms with Crippen LogP contribution in [0.25, 0.3) is 0 Å². The van der Waals surface area contributed by atoms with Crippen LogP contribution in [0.1, 0.15) is 32.7 Å². The lowest BCUT2D eigenvalue weighted by molar-refractivity contribution is 0.0933. The maximum absolute atomic E-state index is 12.3. The van der Waals surface area contributed by atoms with E-state index in [4.69, 9.17) is 4.74 Å². The number of benzene rings is 2. The molecule has 0 bridgehead atoms. The molecule has 0 saturated carbocycles. The Morgan fingerprint density at radius 3 is 2.58 bits per heavy atom. The van der Waals surface area contributed by atoms with Crippen LogP contribution < -0.4 is 4.74 Å². The second kappa shape index (κ2) is 4.69. The summed E-state index contributed by atoms with van der Waals surface area (Å²) in [6.07, 6.45) is 0.371. The van der Waals surface area contributed by atoms with Crippen LogP contribution in [0.5, 0.6) is 5.75 Å². The summed E-state index contributed by atoms with van der Waals surface area (Å²) in [6, 6.07) is 14.1. The van der Waals surface area contributed by atoms with Crippen molar-refractivity contribution in [2.24, 2.45) is 0 Å². The van der Waals surface area contributed by atoms with Gasteiger partial charge in [0.25, 0.3) is 0 Å². The Hall–Kier alpha value is -2.42. The smallest absolute Gasteiger partial charge is 0.193 e. The first-order chi connectivity index (χ1) is 9.25. The Balaban J connectivity index is 2.01. The normalized spacial score (nSPS) is 13.6. The largest absolute Gasteiger partial charge is 0.492 e.